The van der Waals surface area contributed by atoms with Crippen molar-refractivity contribution < 1.29 is 4.39 Å². The third-order valence-corrected chi connectivity index (χ3v) is 3.80. The molecule has 0 aliphatic rings. The topological polar surface area (TPSA) is 125 Å². The Labute approximate surface area is 147 Å². The van der Waals surface area contributed by atoms with Crippen molar-refractivity contribution in [1.82, 2.24) is 39.3 Å². The highest BCUT2D eigenvalue weighted by atomic mass is 19.1. The lowest BCUT2D eigenvalue weighted by Crippen LogP contribution is -2.13. The van der Waals surface area contributed by atoms with Crippen LogP contribution in [0.3, 0.4) is 0 Å². The van der Waals surface area contributed by atoms with Gasteiger partial charge in [0.25, 0.3) is 0 Å². The van der Waals surface area contributed by atoms with Crippen LogP contribution in [0.15, 0.2) is 31.1 Å². The van der Waals surface area contributed by atoms with Crippen LogP contribution >= 0.6 is 0 Å². The van der Waals surface area contributed by atoms with Crippen LogP contribution in [0.1, 0.15) is 18.8 Å². The van der Waals surface area contributed by atoms with Gasteiger partial charge in [-0.2, -0.15) is 15.1 Å². The molecule has 132 valence electrons. The van der Waals surface area contributed by atoms with Crippen molar-refractivity contribution in [3.63, 3.8) is 0 Å². The van der Waals surface area contributed by atoms with Crippen molar-refractivity contribution in [1.29, 1.82) is 0 Å². The molecule has 0 saturated heterocycles. The summed E-state index contributed by atoms with van der Waals surface area (Å²) in [6.45, 7) is 1.84. The summed E-state index contributed by atoms with van der Waals surface area (Å²) in [7, 11) is 1.87. The molecule has 10 nitrogen and oxygen atoms in total. The second-order valence-corrected chi connectivity index (χ2v) is 5.74. The van der Waals surface area contributed by atoms with Gasteiger partial charge in [0, 0.05) is 13.2 Å². The first-order valence-electron chi connectivity index (χ1n) is 7.74. The third kappa shape index (κ3) is 2.79. The fourth-order valence-electron chi connectivity index (χ4n) is 2.57. The van der Waals surface area contributed by atoms with E-state index in [2.05, 4.69) is 35.3 Å². The number of aromatic nitrogens is 8. The minimum absolute atomic E-state index is 0.0879. The van der Waals surface area contributed by atoms with Gasteiger partial charge < -0.3 is 15.6 Å². The highest BCUT2D eigenvalue weighted by molar-refractivity contribution is 5.89. The number of nitrogens with two attached hydrogens (primary N) is 1. The van der Waals surface area contributed by atoms with Gasteiger partial charge in [0.05, 0.1) is 30.3 Å². The molecule has 0 bridgehead atoms. The molecule has 0 saturated carbocycles. The van der Waals surface area contributed by atoms with E-state index in [1.807, 2.05) is 20.2 Å². The molecule has 0 spiro atoms. The summed E-state index contributed by atoms with van der Waals surface area (Å²) < 4.78 is 16.5. The summed E-state index contributed by atoms with van der Waals surface area (Å²) in [6, 6.07) is -0.370. The van der Waals surface area contributed by atoms with Crippen molar-refractivity contribution in [2.24, 2.45) is 7.05 Å². The van der Waals surface area contributed by atoms with Gasteiger partial charge in [0.2, 0.25) is 5.95 Å². The molecular formula is C15H15FN10. The molecule has 4 aromatic heterocycles. The first-order valence-corrected chi connectivity index (χ1v) is 7.74. The number of anilines is 3. The zero-order valence-electron chi connectivity index (χ0n) is 14.0. The summed E-state index contributed by atoms with van der Waals surface area (Å²) in [5.74, 6) is 1.11. The summed E-state index contributed by atoms with van der Waals surface area (Å²) in [6.07, 6.45) is 7.33. The van der Waals surface area contributed by atoms with E-state index in [4.69, 9.17) is 5.73 Å². The Morgan fingerprint density at radius 3 is 2.62 bits per heavy atom. The van der Waals surface area contributed by atoms with Gasteiger partial charge in [-0.25, -0.2) is 24.0 Å². The Morgan fingerprint density at radius 2 is 1.92 bits per heavy atom. The van der Waals surface area contributed by atoms with Crippen molar-refractivity contribution in [2.45, 2.75) is 13.0 Å². The maximum Gasteiger partial charge on any atom is 0.224 e. The van der Waals surface area contributed by atoms with E-state index in [-0.39, 0.29) is 12.0 Å². The Morgan fingerprint density at radius 1 is 1.15 bits per heavy atom. The van der Waals surface area contributed by atoms with E-state index in [0.717, 1.165) is 12.4 Å². The fraction of sp³-hybridized carbons (Fsp3) is 0.200. The van der Waals surface area contributed by atoms with E-state index in [0.29, 0.717) is 28.5 Å². The molecule has 0 unspecified atom stereocenters. The van der Waals surface area contributed by atoms with Crippen LogP contribution in [-0.2, 0) is 7.05 Å². The van der Waals surface area contributed by atoms with Crippen LogP contribution in [0.25, 0.3) is 11.0 Å². The molecule has 1 atom stereocenters. The number of nitrogens with zero attached hydrogens (tertiary/aromatic N) is 8. The number of hydrogen-bond donors (Lipinski definition) is 2. The molecule has 0 fully saturated rings. The third-order valence-electron chi connectivity index (χ3n) is 3.80. The Balaban J connectivity index is 1.76. The number of fused-ring (bicyclic) bond motifs is 1. The predicted octanol–water partition coefficient (Wildman–Crippen LogP) is 1.42. The highest BCUT2D eigenvalue weighted by Crippen LogP contribution is 2.26. The molecule has 11 heteroatoms. The van der Waals surface area contributed by atoms with Crippen LogP contribution in [0, 0.1) is 5.82 Å². The average molecular weight is 354 g/mol. The zero-order chi connectivity index (χ0) is 18.3. The van der Waals surface area contributed by atoms with Gasteiger partial charge >= 0.3 is 0 Å². The number of imidazole rings is 1. The molecule has 26 heavy (non-hydrogen) atoms. The minimum Gasteiger partial charge on any atom is -0.368 e. The molecule has 0 amide bonds. The number of halogens is 1. The maximum absolute atomic E-state index is 13.1. The van der Waals surface area contributed by atoms with Gasteiger partial charge in [-0.05, 0) is 6.92 Å². The zero-order valence-corrected chi connectivity index (χ0v) is 14.0. The summed E-state index contributed by atoms with van der Waals surface area (Å²) in [4.78, 5) is 20.7. The van der Waals surface area contributed by atoms with Crippen LogP contribution in [0.2, 0.25) is 0 Å². The second-order valence-electron chi connectivity index (χ2n) is 5.74. The summed E-state index contributed by atoms with van der Waals surface area (Å²) in [5, 5.41) is 8.14. The monoisotopic (exact) mass is 354 g/mol. The largest absolute Gasteiger partial charge is 0.368 e. The van der Waals surface area contributed by atoms with Gasteiger partial charge in [-0.1, -0.05) is 0 Å². The minimum atomic E-state index is -0.500. The van der Waals surface area contributed by atoms with Gasteiger partial charge in [0.1, 0.15) is 17.7 Å². The standard InChI is InChI=1S/C15H15FN10/c1-8(12-18-3-9(16)4-19-12)26-14-10(5-21-26)13(23-15(17)24-14)22-11-6-25(2)7-20-11/h3-8H,1-2H3,(H3,17,22,23,24)/t8-/m0/s1. The van der Waals surface area contributed by atoms with Crippen LogP contribution < -0.4 is 11.1 Å². The molecule has 0 radical (unpaired) electrons. The van der Waals surface area contributed by atoms with Gasteiger partial charge in [-0.15, -0.1) is 0 Å². The van der Waals surface area contributed by atoms with Crippen LogP contribution in [-0.4, -0.2) is 39.3 Å². The highest BCUT2D eigenvalue weighted by Gasteiger charge is 2.19. The molecule has 0 aromatic carbocycles. The number of aryl methyl sites for hydroxylation is 1. The maximum atomic E-state index is 13.1. The molecule has 0 aliphatic heterocycles. The molecule has 0 aliphatic carbocycles. The quantitative estimate of drug-likeness (QED) is 0.564. The number of nitrogens with one attached hydrogen (secondary N) is 1. The number of rotatable bonds is 4. The predicted molar refractivity (Wildman–Crippen MR) is 92.0 cm³/mol. The lowest BCUT2D eigenvalue weighted by atomic mass is 10.3. The van der Waals surface area contributed by atoms with E-state index in [1.54, 1.807) is 21.8 Å². The SMILES string of the molecule is C[C@@H](c1ncc(F)cn1)n1ncc2c(Nc3cn(C)cn3)nc(N)nc21. The van der Waals surface area contributed by atoms with Crippen molar-refractivity contribution in [3.8, 4) is 0 Å². The Hall–Kier alpha value is -3.63. The Bertz CT molecular complexity index is 1070. The number of nitrogen functional groups attached to an aromatic ring is 1. The van der Waals surface area contributed by atoms with E-state index < -0.39 is 5.82 Å². The first-order chi connectivity index (χ1) is 12.5. The van der Waals surface area contributed by atoms with Crippen LogP contribution in [0.4, 0.5) is 22.0 Å². The fourth-order valence-corrected chi connectivity index (χ4v) is 2.57. The number of hydrogen-bond acceptors (Lipinski definition) is 8. The van der Waals surface area contributed by atoms with Crippen LogP contribution in [0.5, 0.6) is 0 Å². The normalized spacial score (nSPS) is 12.4. The van der Waals surface area contributed by atoms with E-state index in [9.17, 15) is 4.39 Å². The summed E-state index contributed by atoms with van der Waals surface area (Å²) in [5.41, 5.74) is 6.37. The lowest BCUT2D eigenvalue weighted by Gasteiger charge is -2.12. The summed E-state index contributed by atoms with van der Waals surface area (Å²) >= 11 is 0. The van der Waals surface area contributed by atoms with E-state index in [1.165, 1.54) is 0 Å². The molecule has 4 rings (SSSR count). The van der Waals surface area contributed by atoms with Crippen molar-refractivity contribution in [3.05, 3.63) is 42.8 Å². The van der Waals surface area contributed by atoms with Crippen molar-refractivity contribution >= 4 is 28.6 Å². The van der Waals surface area contributed by atoms with Crippen molar-refractivity contribution in [2.75, 3.05) is 11.1 Å². The van der Waals surface area contributed by atoms with Gasteiger partial charge in [-0.3, -0.25) is 0 Å². The van der Waals surface area contributed by atoms with Gasteiger partial charge in [0.15, 0.2) is 17.3 Å². The van der Waals surface area contributed by atoms with E-state index >= 15 is 0 Å². The Kier molecular flexibility index (Phi) is 3.68. The average Bonchev–Trinajstić information content (AvgIpc) is 3.21. The molecule has 4 heterocycles. The molecule has 4 aromatic rings. The lowest BCUT2D eigenvalue weighted by molar-refractivity contribution is 0.537. The smallest absolute Gasteiger partial charge is 0.224 e. The second kappa shape index (κ2) is 6.02. The molecular weight excluding hydrogens is 339 g/mol. The molecule has 3 N–H and O–H groups in total. The first kappa shape index (κ1) is 15.9.